The van der Waals surface area contributed by atoms with Gasteiger partial charge < -0.3 is 14.5 Å². The van der Waals surface area contributed by atoms with Crippen LogP contribution >= 0.6 is 11.3 Å². The molecule has 1 saturated heterocycles. The molecule has 0 spiro atoms. The second-order valence-corrected chi connectivity index (χ2v) is 8.19. The lowest BCUT2D eigenvalue weighted by Crippen LogP contribution is -2.34. The van der Waals surface area contributed by atoms with Gasteiger partial charge in [0.1, 0.15) is 0 Å². The molecule has 0 atom stereocenters. The zero-order valence-electron chi connectivity index (χ0n) is 18.0. The lowest BCUT2D eigenvalue weighted by atomic mass is 10.2. The van der Waals surface area contributed by atoms with Gasteiger partial charge in [-0.3, -0.25) is 0 Å². The van der Waals surface area contributed by atoms with Crippen LogP contribution in [0.5, 0.6) is 5.95 Å². The molecule has 11 nitrogen and oxygen atoms in total. The van der Waals surface area contributed by atoms with Crippen LogP contribution in [0.1, 0.15) is 11.1 Å². The number of thiazole rings is 1. The Morgan fingerprint density at radius 2 is 1.82 bits per heavy atom. The highest BCUT2D eigenvalue weighted by Crippen LogP contribution is 2.30. The average molecular weight is 475 g/mol. The van der Waals surface area contributed by atoms with Crippen molar-refractivity contribution >= 4 is 28.1 Å². The van der Waals surface area contributed by atoms with Crippen LogP contribution in [0.3, 0.4) is 0 Å². The molecule has 5 rings (SSSR count). The largest absolute Gasteiger partial charge is 0.539 e. The molecule has 4 aromatic rings. The molecule has 0 radical (unpaired) electrons. The Balaban J connectivity index is 1.39. The zero-order valence-corrected chi connectivity index (χ0v) is 18.8. The summed E-state index contributed by atoms with van der Waals surface area (Å²) >= 11 is 1.18. The summed E-state index contributed by atoms with van der Waals surface area (Å²) in [5.74, 6) is -1.22. The number of carbonyl (C=O) groups excluding carboxylic acids is 1. The quantitative estimate of drug-likeness (QED) is 0.264. The van der Waals surface area contributed by atoms with Crippen LogP contribution in [0.15, 0.2) is 80.6 Å². The summed E-state index contributed by atoms with van der Waals surface area (Å²) < 4.78 is 6.25. The molecular weight excluding hydrogens is 458 g/mol. The summed E-state index contributed by atoms with van der Waals surface area (Å²) in [5, 5.41) is 27.6. The van der Waals surface area contributed by atoms with Crippen molar-refractivity contribution in [1.29, 1.82) is 0 Å². The maximum Gasteiger partial charge on any atom is 0.378 e. The molecule has 2 aromatic carbocycles. The molecule has 34 heavy (non-hydrogen) atoms. The van der Waals surface area contributed by atoms with Crippen LogP contribution in [-0.4, -0.2) is 16.2 Å². The van der Waals surface area contributed by atoms with Crippen molar-refractivity contribution in [3.63, 3.8) is 0 Å². The van der Waals surface area contributed by atoms with E-state index in [2.05, 4.69) is 26.1 Å². The minimum Gasteiger partial charge on any atom is -0.539 e. The molecule has 1 aliphatic rings. The van der Waals surface area contributed by atoms with Crippen molar-refractivity contribution in [2.24, 2.45) is 10.2 Å². The van der Waals surface area contributed by atoms with Crippen molar-refractivity contribution in [3.8, 4) is 23.0 Å². The van der Waals surface area contributed by atoms with Gasteiger partial charge in [0.15, 0.2) is 17.3 Å². The van der Waals surface area contributed by atoms with Gasteiger partial charge in [0, 0.05) is 17.5 Å². The zero-order chi connectivity index (χ0) is 23.7. The summed E-state index contributed by atoms with van der Waals surface area (Å²) in [7, 11) is 0. The smallest absolute Gasteiger partial charge is 0.378 e. The van der Waals surface area contributed by atoms with E-state index in [4.69, 9.17) is 9.36 Å². The Morgan fingerprint density at radius 3 is 2.56 bits per heavy atom. The van der Waals surface area contributed by atoms with E-state index in [1.807, 2.05) is 62.4 Å². The van der Waals surface area contributed by atoms with E-state index >= 15 is 0 Å². The number of nitrogens with one attached hydrogen (secondary N) is 1. The van der Waals surface area contributed by atoms with Crippen molar-refractivity contribution in [1.82, 2.24) is 15.8 Å². The fourth-order valence-electron chi connectivity index (χ4n) is 3.15. The Hall–Kier alpha value is -4.42. The number of hydrogen-bond acceptors (Lipinski definition) is 11. The van der Waals surface area contributed by atoms with Gasteiger partial charge in [-0.05, 0) is 30.7 Å². The minimum absolute atomic E-state index is 0.155. The summed E-state index contributed by atoms with van der Waals surface area (Å²) in [6.45, 7) is 3.93. The topological polar surface area (TPSA) is 132 Å². The summed E-state index contributed by atoms with van der Waals surface area (Å²) in [6.07, 6.45) is 1.27. The number of benzene rings is 2. The molecule has 1 N–H and O–H groups in total. The molecule has 1 aliphatic heterocycles. The Kier molecular flexibility index (Phi) is 5.57. The van der Waals surface area contributed by atoms with Gasteiger partial charge in [0.05, 0.1) is 17.2 Å². The minimum atomic E-state index is -0.620. The predicted molar refractivity (Wildman–Crippen MR) is 119 cm³/mol. The Bertz CT molecular complexity index is 1410. The number of carbonyl (C=O) groups is 1. The van der Waals surface area contributed by atoms with E-state index in [-0.39, 0.29) is 16.5 Å². The molecule has 1 fully saturated rings. The Labute approximate surface area is 197 Å². The van der Waals surface area contributed by atoms with E-state index in [0.717, 1.165) is 11.1 Å². The molecular formula is C22H17N7O4S. The van der Waals surface area contributed by atoms with Gasteiger partial charge in [-0.2, -0.15) is 5.11 Å². The SMILES string of the molecule is Cc1ccc(N2NOC(=O)/C2=C\N=Nc2nc(-c3c([O-])on[n+]3-c3ccc(C)cc3)cs2)cc1. The van der Waals surface area contributed by atoms with Crippen LogP contribution in [0.2, 0.25) is 0 Å². The van der Waals surface area contributed by atoms with Crippen molar-refractivity contribution < 1.29 is 23.9 Å². The van der Waals surface area contributed by atoms with Gasteiger partial charge >= 0.3 is 5.97 Å². The first kappa shape index (κ1) is 21.4. The van der Waals surface area contributed by atoms with Crippen LogP contribution in [0.4, 0.5) is 10.8 Å². The molecule has 3 heterocycles. The Morgan fingerprint density at radius 1 is 1.12 bits per heavy atom. The van der Waals surface area contributed by atoms with E-state index in [1.54, 1.807) is 5.38 Å². The van der Waals surface area contributed by atoms with E-state index < -0.39 is 11.9 Å². The lowest BCUT2D eigenvalue weighted by molar-refractivity contribution is -0.660. The van der Waals surface area contributed by atoms with E-state index in [0.29, 0.717) is 17.1 Å². The molecule has 0 amide bonds. The van der Waals surface area contributed by atoms with Crippen LogP contribution in [0, 0.1) is 13.8 Å². The average Bonchev–Trinajstić information content (AvgIpc) is 3.54. The van der Waals surface area contributed by atoms with Gasteiger partial charge in [0.25, 0.3) is 5.69 Å². The van der Waals surface area contributed by atoms with Crippen LogP contribution in [0.25, 0.3) is 17.1 Å². The summed E-state index contributed by atoms with van der Waals surface area (Å²) in [5.41, 5.74) is 6.74. The van der Waals surface area contributed by atoms with Crippen molar-refractivity contribution in [2.45, 2.75) is 13.8 Å². The fourth-order valence-corrected chi connectivity index (χ4v) is 3.78. The van der Waals surface area contributed by atoms with E-state index in [1.165, 1.54) is 27.2 Å². The lowest BCUT2D eigenvalue weighted by Gasteiger charge is -2.14. The molecule has 12 heteroatoms. The van der Waals surface area contributed by atoms with E-state index in [9.17, 15) is 9.90 Å². The standard InChI is InChI=1S/C22H17N7O4S/c1-13-3-7-15(8-4-13)28-18(20(30)32-26-28)11-23-25-22-24-17(12-34-22)19-21(31)33-27-29(19)16-9-5-14(2)6-10-16/h3-12,26H,1-2H3/b18-11+,25-23?. The third kappa shape index (κ3) is 4.14. The third-order valence-corrected chi connectivity index (χ3v) is 5.64. The maximum atomic E-state index is 12.3. The van der Waals surface area contributed by atoms with Crippen LogP contribution in [-0.2, 0) is 9.63 Å². The molecule has 0 bridgehead atoms. The first-order valence-electron chi connectivity index (χ1n) is 10.1. The number of hydrogen-bond donors (Lipinski definition) is 1. The number of hydrazine groups is 1. The number of nitrogens with zero attached hydrogens (tertiary/aromatic N) is 6. The molecule has 0 aliphatic carbocycles. The highest BCUT2D eigenvalue weighted by Gasteiger charge is 2.29. The molecule has 0 saturated carbocycles. The van der Waals surface area contributed by atoms with Gasteiger partial charge in [-0.1, -0.05) is 41.0 Å². The number of aryl methyl sites for hydroxylation is 2. The third-order valence-electron chi connectivity index (χ3n) is 4.92. The van der Waals surface area contributed by atoms with Crippen molar-refractivity contribution in [3.05, 3.63) is 76.9 Å². The molecule has 0 unspecified atom stereocenters. The maximum absolute atomic E-state index is 12.3. The van der Waals surface area contributed by atoms with Crippen molar-refractivity contribution in [2.75, 3.05) is 5.01 Å². The number of azo groups is 1. The number of anilines is 1. The highest BCUT2D eigenvalue weighted by atomic mass is 32.1. The summed E-state index contributed by atoms with van der Waals surface area (Å²) in [6, 6.07) is 15.0. The molecule has 170 valence electrons. The number of aromatic nitrogens is 3. The molecule has 2 aromatic heterocycles. The van der Waals surface area contributed by atoms with Crippen LogP contribution < -0.4 is 20.4 Å². The second kappa shape index (κ2) is 8.84. The normalized spacial score (nSPS) is 14.9. The highest BCUT2D eigenvalue weighted by molar-refractivity contribution is 7.13. The fraction of sp³-hybridized carbons (Fsp3) is 0.0909. The first-order valence-corrected chi connectivity index (χ1v) is 10.9. The summed E-state index contributed by atoms with van der Waals surface area (Å²) in [4.78, 5) is 21.3. The monoisotopic (exact) mass is 475 g/mol. The first-order chi connectivity index (χ1) is 16.5. The number of rotatable bonds is 5. The van der Waals surface area contributed by atoms with Gasteiger partial charge in [0.2, 0.25) is 10.8 Å². The van der Waals surface area contributed by atoms with Gasteiger partial charge in [-0.25, -0.2) is 14.8 Å². The predicted octanol–water partition coefficient (Wildman–Crippen LogP) is 3.17. The van der Waals surface area contributed by atoms with Gasteiger partial charge in [-0.15, -0.1) is 16.5 Å². The second-order valence-electron chi connectivity index (χ2n) is 7.35.